The van der Waals surface area contributed by atoms with Gasteiger partial charge < -0.3 is 9.64 Å². The summed E-state index contributed by atoms with van der Waals surface area (Å²) in [6.07, 6.45) is 0.885. The molecule has 27 heavy (non-hydrogen) atoms. The Kier molecular flexibility index (Phi) is 4.97. The third-order valence-electron chi connectivity index (χ3n) is 5.95. The lowest BCUT2D eigenvalue weighted by Crippen LogP contribution is -2.52. The number of amides is 1. The van der Waals surface area contributed by atoms with Crippen LogP contribution in [0.2, 0.25) is 0 Å². The molecular weight excluding hydrogens is 342 g/mol. The average Bonchev–Trinajstić information content (AvgIpc) is 3.26. The number of benzene rings is 1. The number of H-pyrrole nitrogens is 1. The summed E-state index contributed by atoms with van der Waals surface area (Å²) in [6, 6.07) is 10.5. The first kappa shape index (κ1) is 18.1. The highest BCUT2D eigenvalue weighted by atomic mass is 16.5. The average molecular weight is 369 g/mol. The lowest BCUT2D eigenvalue weighted by molar-refractivity contribution is -0.137. The van der Waals surface area contributed by atoms with E-state index in [1.807, 2.05) is 17.9 Å². The number of carbonyl (C=O) groups is 1. The summed E-state index contributed by atoms with van der Waals surface area (Å²) in [4.78, 5) is 21.5. The largest absolute Gasteiger partial charge is 0.375 e. The number of fused-ring (bicyclic) bond motifs is 1. The van der Waals surface area contributed by atoms with Gasteiger partial charge in [0.25, 0.3) is 0 Å². The monoisotopic (exact) mass is 369 g/mol. The van der Waals surface area contributed by atoms with Gasteiger partial charge in [-0.25, -0.2) is 4.98 Å². The maximum absolute atomic E-state index is 12.4. The normalized spacial score (nSPS) is 25.6. The number of aromatic nitrogens is 3. The summed E-state index contributed by atoms with van der Waals surface area (Å²) in [5.74, 6) is 2.14. The van der Waals surface area contributed by atoms with Crippen molar-refractivity contribution in [1.82, 2.24) is 25.0 Å². The minimum absolute atomic E-state index is 0.0683. The molecule has 2 atom stereocenters. The molecule has 7 heteroatoms. The van der Waals surface area contributed by atoms with E-state index in [2.05, 4.69) is 39.4 Å². The van der Waals surface area contributed by atoms with Gasteiger partial charge in [-0.05, 0) is 18.9 Å². The number of hydrogen-bond donors (Lipinski definition) is 1. The van der Waals surface area contributed by atoms with E-state index in [1.165, 1.54) is 5.56 Å². The molecule has 1 aromatic heterocycles. The molecule has 2 fully saturated rings. The molecule has 0 bridgehead atoms. The fourth-order valence-corrected chi connectivity index (χ4v) is 4.62. The van der Waals surface area contributed by atoms with E-state index in [9.17, 15) is 4.79 Å². The SMILES string of the molecule is COCC(=O)N1CC[C@@]2(c3n[nH]c(C)n3)CN(Cc3ccccc3)C[C@H]2C1. The van der Waals surface area contributed by atoms with Gasteiger partial charge in [-0.3, -0.25) is 14.8 Å². The number of hydrogen-bond acceptors (Lipinski definition) is 5. The second kappa shape index (κ2) is 7.40. The predicted octanol–water partition coefficient (Wildman–Crippen LogP) is 1.36. The Labute approximate surface area is 159 Å². The van der Waals surface area contributed by atoms with E-state index in [0.717, 1.165) is 50.8 Å². The molecule has 4 rings (SSSR count). The van der Waals surface area contributed by atoms with Crippen LogP contribution in [0.1, 0.15) is 23.6 Å². The van der Waals surface area contributed by atoms with Crippen LogP contribution in [-0.4, -0.2) is 70.8 Å². The van der Waals surface area contributed by atoms with E-state index in [1.54, 1.807) is 7.11 Å². The molecule has 2 aliphatic heterocycles. The number of piperidine rings is 1. The molecule has 1 aromatic carbocycles. The standard InChI is InChI=1S/C20H27N5O2/c1-15-21-19(23-22-15)20-8-9-25(18(26)13-27-2)12-17(20)11-24(14-20)10-16-6-4-3-5-7-16/h3-7,17H,8-14H2,1-2H3,(H,21,22,23)/t17-,20+/m0/s1. The topological polar surface area (TPSA) is 74.3 Å². The van der Waals surface area contributed by atoms with Crippen LogP contribution < -0.4 is 0 Å². The molecule has 0 saturated carbocycles. The van der Waals surface area contributed by atoms with Crippen molar-refractivity contribution in [1.29, 1.82) is 0 Å². The third kappa shape index (κ3) is 3.49. The molecule has 7 nitrogen and oxygen atoms in total. The Morgan fingerprint density at radius 3 is 2.85 bits per heavy atom. The Morgan fingerprint density at radius 2 is 2.15 bits per heavy atom. The van der Waals surface area contributed by atoms with Crippen LogP contribution in [0.4, 0.5) is 0 Å². The number of aryl methyl sites for hydroxylation is 1. The highest BCUT2D eigenvalue weighted by molar-refractivity contribution is 5.77. The fourth-order valence-electron chi connectivity index (χ4n) is 4.62. The smallest absolute Gasteiger partial charge is 0.248 e. The van der Waals surface area contributed by atoms with Crippen molar-refractivity contribution in [3.05, 3.63) is 47.5 Å². The molecule has 0 unspecified atom stereocenters. The third-order valence-corrected chi connectivity index (χ3v) is 5.95. The summed E-state index contributed by atoms with van der Waals surface area (Å²) in [5, 5.41) is 7.54. The number of carbonyl (C=O) groups excluding carboxylic acids is 1. The predicted molar refractivity (Wildman–Crippen MR) is 101 cm³/mol. The quantitative estimate of drug-likeness (QED) is 0.861. The van der Waals surface area contributed by atoms with E-state index in [-0.39, 0.29) is 17.9 Å². The van der Waals surface area contributed by atoms with Crippen LogP contribution in [-0.2, 0) is 21.5 Å². The highest BCUT2D eigenvalue weighted by Crippen LogP contribution is 2.44. The van der Waals surface area contributed by atoms with Gasteiger partial charge in [0, 0.05) is 45.8 Å². The molecule has 0 spiro atoms. The van der Waals surface area contributed by atoms with Gasteiger partial charge in [0.05, 0.1) is 5.41 Å². The van der Waals surface area contributed by atoms with Crippen molar-refractivity contribution < 1.29 is 9.53 Å². The first-order chi connectivity index (χ1) is 13.1. The van der Waals surface area contributed by atoms with E-state index in [4.69, 9.17) is 9.72 Å². The van der Waals surface area contributed by atoms with Gasteiger partial charge in [-0.1, -0.05) is 30.3 Å². The summed E-state index contributed by atoms with van der Waals surface area (Å²) in [7, 11) is 1.57. The minimum atomic E-state index is -0.0939. The molecule has 1 N–H and O–H groups in total. The Bertz CT molecular complexity index is 793. The van der Waals surface area contributed by atoms with E-state index in [0.29, 0.717) is 5.92 Å². The number of likely N-dealkylation sites (tertiary alicyclic amines) is 2. The maximum Gasteiger partial charge on any atom is 0.248 e. The number of ether oxygens (including phenoxy) is 1. The van der Waals surface area contributed by atoms with E-state index >= 15 is 0 Å². The molecular formula is C20H27N5O2. The van der Waals surface area contributed by atoms with Crippen LogP contribution in [0.5, 0.6) is 0 Å². The number of methoxy groups -OCH3 is 1. The van der Waals surface area contributed by atoms with Crippen molar-refractivity contribution in [2.75, 3.05) is 39.9 Å². The molecule has 0 radical (unpaired) electrons. The van der Waals surface area contributed by atoms with Gasteiger partial charge in [-0.2, -0.15) is 5.10 Å². The maximum atomic E-state index is 12.4. The molecule has 2 aliphatic rings. The first-order valence-corrected chi connectivity index (χ1v) is 9.53. The van der Waals surface area contributed by atoms with Crippen molar-refractivity contribution >= 4 is 5.91 Å². The number of rotatable bonds is 5. The summed E-state index contributed by atoms with van der Waals surface area (Å²) in [5.41, 5.74) is 1.22. The zero-order valence-electron chi connectivity index (χ0n) is 16.0. The van der Waals surface area contributed by atoms with Gasteiger partial charge >= 0.3 is 0 Å². The molecule has 144 valence electrons. The van der Waals surface area contributed by atoms with Gasteiger partial charge in [0.15, 0.2) is 5.82 Å². The van der Waals surface area contributed by atoms with Crippen molar-refractivity contribution in [2.24, 2.45) is 5.92 Å². The fraction of sp³-hybridized carbons (Fsp3) is 0.550. The lowest BCUT2D eigenvalue weighted by Gasteiger charge is -2.41. The van der Waals surface area contributed by atoms with Gasteiger partial charge in [0.2, 0.25) is 5.91 Å². The van der Waals surface area contributed by atoms with Gasteiger partial charge in [0.1, 0.15) is 12.4 Å². The molecule has 3 heterocycles. The number of nitrogens with one attached hydrogen (secondary N) is 1. The molecule has 1 amide bonds. The first-order valence-electron chi connectivity index (χ1n) is 9.53. The van der Waals surface area contributed by atoms with Crippen molar-refractivity contribution in [3.8, 4) is 0 Å². The highest BCUT2D eigenvalue weighted by Gasteiger charge is 2.53. The van der Waals surface area contributed by atoms with Crippen molar-refractivity contribution in [2.45, 2.75) is 25.3 Å². The van der Waals surface area contributed by atoms with Crippen LogP contribution in [0.15, 0.2) is 30.3 Å². The zero-order valence-corrected chi connectivity index (χ0v) is 16.0. The Morgan fingerprint density at radius 1 is 1.33 bits per heavy atom. The summed E-state index contributed by atoms with van der Waals surface area (Å²) >= 11 is 0. The van der Waals surface area contributed by atoms with Crippen LogP contribution in [0.3, 0.4) is 0 Å². The second-order valence-electron chi connectivity index (χ2n) is 7.78. The zero-order chi connectivity index (χ0) is 18.9. The number of aromatic amines is 1. The minimum Gasteiger partial charge on any atom is -0.375 e. The molecule has 0 aliphatic carbocycles. The summed E-state index contributed by atoms with van der Waals surface area (Å²) in [6.45, 7) is 6.33. The van der Waals surface area contributed by atoms with E-state index < -0.39 is 0 Å². The number of nitrogens with zero attached hydrogens (tertiary/aromatic N) is 4. The van der Waals surface area contributed by atoms with Gasteiger partial charge in [-0.15, -0.1) is 0 Å². The van der Waals surface area contributed by atoms with Crippen LogP contribution >= 0.6 is 0 Å². The van der Waals surface area contributed by atoms with Crippen molar-refractivity contribution in [3.63, 3.8) is 0 Å². The Hall–Kier alpha value is -2.25. The van der Waals surface area contributed by atoms with Crippen LogP contribution in [0.25, 0.3) is 0 Å². The molecule has 2 aromatic rings. The molecule has 2 saturated heterocycles. The van der Waals surface area contributed by atoms with Crippen LogP contribution in [0, 0.1) is 12.8 Å². The summed E-state index contributed by atoms with van der Waals surface area (Å²) < 4.78 is 5.05. The Balaban J connectivity index is 1.57. The second-order valence-corrected chi connectivity index (χ2v) is 7.78. The lowest BCUT2D eigenvalue weighted by atomic mass is 9.72.